The number of nitrogens with one attached hydrogen (secondary N) is 1. The Hall–Kier alpha value is -1.23. The highest BCUT2D eigenvalue weighted by molar-refractivity contribution is 7.09. The van der Waals surface area contributed by atoms with Gasteiger partial charge < -0.3 is 10.1 Å². The lowest BCUT2D eigenvalue weighted by Crippen LogP contribution is -2.19. The fourth-order valence-electron chi connectivity index (χ4n) is 1.82. The first kappa shape index (κ1) is 15.2. The average Bonchev–Trinajstić information content (AvgIpc) is 2.96. The van der Waals surface area contributed by atoms with Gasteiger partial charge in [0.25, 0.3) is 0 Å². The van der Waals surface area contributed by atoms with Crippen molar-refractivity contribution in [2.24, 2.45) is 0 Å². The molecule has 0 aliphatic rings. The minimum atomic E-state index is 0.775. The van der Waals surface area contributed by atoms with Gasteiger partial charge >= 0.3 is 0 Å². The Morgan fingerprint density at radius 2 is 2.05 bits per heavy atom. The molecule has 0 bridgehead atoms. The molecule has 0 amide bonds. The fourth-order valence-corrected chi connectivity index (χ4v) is 2.59. The number of ether oxygens (including phenoxy) is 1. The summed E-state index contributed by atoms with van der Waals surface area (Å²) < 4.78 is 5.51. The van der Waals surface area contributed by atoms with E-state index in [1.807, 2.05) is 18.2 Å². The number of hydrogen-bond acceptors (Lipinski definition) is 4. The second kappa shape index (κ2) is 8.84. The lowest BCUT2D eigenvalue weighted by molar-refractivity contribution is 0.133. The van der Waals surface area contributed by atoms with Gasteiger partial charge in [0.15, 0.2) is 0 Å². The van der Waals surface area contributed by atoms with Gasteiger partial charge in [-0.3, -0.25) is 0 Å². The minimum absolute atomic E-state index is 0.775. The normalized spacial score (nSPS) is 10.8. The van der Waals surface area contributed by atoms with Gasteiger partial charge in [0, 0.05) is 30.6 Å². The van der Waals surface area contributed by atoms with Crippen molar-refractivity contribution in [1.29, 1.82) is 0 Å². The van der Waals surface area contributed by atoms with Crippen LogP contribution >= 0.6 is 11.3 Å². The lowest BCUT2D eigenvalue weighted by Gasteiger charge is -2.04. The van der Waals surface area contributed by atoms with Gasteiger partial charge in [-0.25, -0.2) is 4.98 Å². The third-order valence-corrected chi connectivity index (χ3v) is 3.81. The zero-order chi connectivity index (χ0) is 14.0. The molecule has 0 atom stereocenters. The van der Waals surface area contributed by atoms with Crippen LogP contribution in [0.5, 0.6) is 0 Å². The number of unbranched alkanes of at least 4 members (excludes halogenated alkanes) is 1. The van der Waals surface area contributed by atoms with Crippen LogP contribution in [0.1, 0.15) is 24.8 Å². The zero-order valence-corrected chi connectivity index (χ0v) is 12.8. The van der Waals surface area contributed by atoms with Crippen LogP contribution in [0, 0.1) is 0 Å². The topological polar surface area (TPSA) is 34.1 Å². The van der Waals surface area contributed by atoms with E-state index in [2.05, 4.69) is 34.7 Å². The van der Waals surface area contributed by atoms with Crippen molar-refractivity contribution >= 4 is 11.3 Å². The SMILES string of the molecule is CCCCOCCNCc1nc(-c2ccccc2)cs1. The van der Waals surface area contributed by atoms with Gasteiger partial charge in [-0.15, -0.1) is 11.3 Å². The van der Waals surface area contributed by atoms with Crippen LogP contribution < -0.4 is 5.32 Å². The molecule has 20 heavy (non-hydrogen) atoms. The van der Waals surface area contributed by atoms with Crippen molar-refractivity contribution in [3.63, 3.8) is 0 Å². The summed E-state index contributed by atoms with van der Waals surface area (Å²) in [7, 11) is 0. The molecular formula is C16H22N2OS. The summed E-state index contributed by atoms with van der Waals surface area (Å²) in [5.41, 5.74) is 2.24. The Balaban J connectivity index is 1.69. The standard InChI is InChI=1S/C16H22N2OS/c1-2-3-10-19-11-9-17-12-16-18-15(13-20-16)14-7-5-4-6-8-14/h4-8,13,17H,2-3,9-12H2,1H3. The summed E-state index contributed by atoms with van der Waals surface area (Å²) in [6, 6.07) is 10.3. The maximum absolute atomic E-state index is 5.51. The molecule has 2 aromatic rings. The lowest BCUT2D eigenvalue weighted by atomic mass is 10.2. The highest BCUT2D eigenvalue weighted by Crippen LogP contribution is 2.21. The predicted molar refractivity (Wildman–Crippen MR) is 85.0 cm³/mol. The predicted octanol–water partition coefficient (Wildman–Crippen LogP) is 3.72. The van der Waals surface area contributed by atoms with Crippen LogP contribution in [-0.4, -0.2) is 24.7 Å². The van der Waals surface area contributed by atoms with Crippen molar-refractivity contribution in [2.75, 3.05) is 19.8 Å². The van der Waals surface area contributed by atoms with Crippen LogP contribution in [-0.2, 0) is 11.3 Å². The first-order valence-corrected chi connectivity index (χ1v) is 8.06. The van der Waals surface area contributed by atoms with Crippen molar-refractivity contribution in [1.82, 2.24) is 10.3 Å². The monoisotopic (exact) mass is 290 g/mol. The quantitative estimate of drug-likeness (QED) is 0.715. The van der Waals surface area contributed by atoms with Crippen LogP contribution in [0.3, 0.4) is 0 Å². The number of aromatic nitrogens is 1. The number of rotatable bonds is 9. The largest absolute Gasteiger partial charge is 0.380 e. The third kappa shape index (κ3) is 5.04. The molecule has 1 N–H and O–H groups in total. The highest BCUT2D eigenvalue weighted by atomic mass is 32.1. The van der Waals surface area contributed by atoms with Crippen molar-refractivity contribution < 1.29 is 4.74 Å². The Kier molecular flexibility index (Phi) is 6.71. The molecule has 0 fully saturated rings. The second-order valence-electron chi connectivity index (χ2n) is 4.64. The summed E-state index contributed by atoms with van der Waals surface area (Å²) in [6.45, 7) is 5.51. The molecule has 1 heterocycles. The maximum Gasteiger partial charge on any atom is 0.107 e. The molecule has 0 saturated carbocycles. The van der Waals surface area contributed by atoms with Crippen molar-refractivity contribution in [3.8, 4) is 11.3 Å². The Labute approximate surface area is 125 Å². The van der Waals surface area contributed by atoms with E-state index in [-0.39, 0.29) is 0 Å². The van der Waals surface area contributed by atoms with Crippen molar-refractivity contribution in [3.05, 3.63) is 40.7 Å². The summed E-state index contributed by atoms with van der Waals surface area (Å²) in [5.74, 6) is 0. The number of benzene rings is 1. The van der Waals surface area contributed by atoms with Gasteiger partial charge in [-0.05, 0) is 6.42 Å². The summed E-state index contributed by atoms with van der Waals surface area (Å²) in [6.07, 6.45) is 2.34. The van der Waals surface area contributed by atoms with Crippen molar-refractivity contribution in [2.45, 2.75) is 26.3 Å². The fraction of sp³-hybridized carbons (Fsp3) is 0.438. The first-order chi connectivity index (χ1) is 9.90. The van der Waals surface area contributed by atoms with E-state index in [0.29, 0.717) is 0 Å². The third-order valence-electron chi connectivity index (χ3n) is 2.96. The smallest absolute Gasteiger partial charge is 0.107 e. The van der Waals surface area contributed by atoms with E-state index in [0.717, 1.165) is 43.4 Å². The van der Waals surface area contributed by atoms with Gasteiger partial charge in [0.1, 0.15) is 5.01 Å². The molecule has 1 aromatic heterocycles. The molecule has 0 saturated heterocycles. The van der Waals surface area contributed by atoms with Gasteiger partial charge in [0.2, 0.25) is 0 Å². The Bertz CT molecular complexity index is 484. The number of hydrogen-bond donors (Lipinski definition) is 1. The van der Waals surface area contributed by atoms with E-state index < -0.39 is 0 Å². The van der Waals surface area contributed by atoms with E-state index in [1.54, 1.807) is 11.3 Å². The second-order valence-corrected chi connectivity index (χ2v) is 5.58. The average molecular weight is 290 g/mol. The maximum atomic E-state index is 5.51. The first-order valence-electron chi connectivity index (χ1n) is 7.18. The Morgan fingerprint density at radius 3 is 2.85 bits per heavy atom. The minimum Gasteiger partial charge on any atom is -0.380 e. The number of nitrogens with zero attached hydrogens (tertiary/aromatic N) is 1. The Morgan fingerprint density at radius 1 is 1.20 bits per heavy atom. The molecule has 0 radical (unpaired) electrons. The molecule has 4 heteroatoms. The summed E-state index contributed by atoms with van der Waals surface area (Å²) in [5, 5.41) is 6.60. The summed E-state index contributed by atoms with van der Waals surface area (Å²) in [4.78, 5) is 4.64. The van der Waals surface area contributed by atoms with Gasteiger partial charge in [-0.1, -0.05) is 43.7 Å². The van der Waals surface area contributed by atoms with Gasteiger partial charge in [-0.2, -0.15) is 0 Å². The number of thiazole rings is 1. The molecule has 3 nitrogen and oxygen atoms in total. The van der Waals surface area contributed by atoms with E-state index in [1.165, 1.54) is 12.0 Å². The van der Waals surface area contributed by atoms with Crippen LogP contribution in [0.25, 0.3) is 11.3 Å². The molecule has 1 aromatic carbocycles. The van der Waals surface area contributed by atoms with Gasteiger partial charge in [0.05, 0.1) is 12.3 Å². The molecule has 0 spiro atoms. The van der Waals surface area contributed by atoms with Crippen LogP contribution in [0.2, 0.25) is 0 Å². The molecule has 108 valence electrons. The highest BCUT2D eigenvalue weighted by Gasteiger charge is 2.03. The molecule has 0 aliphatic carbocycles. The molecule has 0 unspecified atom stereocenters. The van der Waals surface area contributed by atoms with E-state index in [4.69, 9.17) is 4.74 Å². The van der Waals surface area contributed by atoms with E-state index in [9.17, 15) is 0 Å². The van der Waals surface area contributed by atoms with E-state index >= 15 is 0 Å². The van der Waals surface area contributed by atoms with Crippen LogP contribution in [0.15, 0.2) is 35.7 Å². The molecule has 2 rings (SSSR count). The molecule has 0 aliphatic heterocycles. The van der Waals surface area contributed by atoms with Crippen LogP contribution in [0.4, 0.5) is 0 Å². The molecular weight excluding hydrogens is 268 g/mol. The zero-order valence-electron chi connectivity index (χ0n) is 12.0. The summed E-state index contributed by atoms with van der Waals surface area (Å²) >= 11 is 1.70.